The first kappa shape index (κ1) is 13.1. The Balaban J connectivity index is 0.00000169. The lowest BCUT2D eigenvalue weighted by atomic mass is 10.1. The first-order valence-electron chi connectivity index (χ1n) is 3.76. The molecule has 4 nitrogen and oxygen atoms in total. The van der Waals surface area contributed by atoms with E-state index in [9.17, 15) is 0 Å². The van der Waals surface area contributed by atoms with Crippen LogP contribution in [-0.4, -0.2) is 6.54 Å². The third-order valence-electron chi connectivity index (χ3n) is 1.62. The van der Waals surface area contributed by atoms with Crippen molar-refractivity contribution in [3.8, 4) is 0 Å². The van der Waals surface area contributed by atoms with E-state index in [-0.39, 0.29) is 25.0 Å². The van der Waals surface area contributed by atoms with Crippen molar-refractivity contribution in [3.05, 3.63) is 45.3 Å². The molecule has 2 N–H and O–H groups in total. The molecule has 14 heavy (non-hydrogen) atoms. The van der Waals surface area contributed by atoms with E-state index in [1.165, 1.54) is 0 Å². The maximum Gasteiger partial charge on any atom is 0.0451 e. The van der Waals surface area contributed by atoms with Gasteiger partial charge in [0.05, 0.1) is 0 Å². The van der Waals surface area contributed by atoms with Gasteiger partial charge in [0.25, 0.3) is 0 Å². The molecule has 1 atom stereocenters. The SMILES string of the molecule is Cl.[N-]=[N+]=NC[C@@H](N)c1cccc(Cl)c1. The van der Waals surface area contributed by atoms with Gasteiger partial charge in [-0.05, 0) is 23.2 Å². The molecule has 0 aliphatic heterocycles. The van der Waals surface area contributed by atoms with Gasteiger partial charge in [-0.3, -0.25) is 0 Å². The van der Waals surface area contributed by atoms with Crippen LogP contribution in [0.2, 0.25) is 5.02 Å². The summed E-state index contributed by atoms with van der Waals surface area (Å²) in [6, 6.07) is 6.91. The Labute approximate surface area is 93.1 Å². The second-order valence-electron chi connectivity index (χ2n) is 2.57. The first-order valence-corrected chi connectivity index (χ1v) is 4.13. The standard InChI is InChI=1S/C8H9ClN4.ClH/c9-7-3-1-2-6(4-7)8(10)5-12-13-11;/h1-4,8H,5,10H2;1H/t8-;/m1./s1. The van der Waals surface area contributed by atoms with Crippen molar-refractivity contribution in [2.24, 2.45) is 10.8 Å². The average Bonchev–Trinajstić information content (AvgIpc) is 2.14. The monoisotopic (exact) mass is 232 g/mol. The topological polar surface area (TPSA) is 74.8 Å². The van der Waals surface area contributed by atoms with Crippen LogP contribution in [0.1, 0.15) is 11.6 Å². The third-order valence-corrected chi connectivity index (χ3v) is 1.85. The summed E-state index contributed by atoms with van der Waals surface area (Å²) >= 11 is 5.76. The van der Waals surface area contributed by atoms with Crippen molar-refractivity contribution in [2.45, 2.75) is 6.04 Å². The predicted molar refractivity (Wildman–Crippen MR) is 59.6 cm³/mol. The molecule has 0 heterocycles. The van der Waals surface area contributed by atoms with E-state index in [0.29, 0.717) is 5.02 Å². The molecule has 0 aliphatic rings. The second kappa shape index (κ2) is 6.51. The molecule has 0 aromatic heterocycles. The van der Waals surface area contributed by atoms with Gasteiger partial charge in [-0.15, -0.1) is 12.4 Å². The van der Waals surface area contributed by atoms with Crippen LogP contribution >= 0.6 is 24.0 Å². The highest BCUT2D eigenvalue weighted by atomic mass is 35.5. The first-order chi connectivity index (χ1) is 6.24. The van der Waals surface area contributed by atoms with Gasteiger partial charge in [0.2, 0.25) is 0 Å². The number of azide groups is 1. The van der Waals surface area contributed by atoms with Gasteiger partial charge in [0.1, 0.15) is 0 Å². The minimum atomic E-state index is -0.283. The summed E-state index contributed by atoms with van der Waals surface area (Å²) in [5.41, 5.74) is 14.7. The Kier molecular flexibility index (Phi) is 6.08. The molecular formula is C8H10Cl2N4. The molecule has 0 saturated heterocycles. The normalized spacial score (nSPS) is 11.0. The van der Waals surface area contributed by atoms with Crippen LogP contribution in [0.15, 0.2) is 29.4 Å². The molecule has 0 aliphatic carbocycles. The highest BCUT2D eigenvalue weighted by Crippen LogP contribution is 2.16. The highest BCUT2D eigenvalue weighted by molar-refractivity contribution is 6.30. The van der Waals surface area contributed by atoms with Crippen LogP contribution in [0.25, 0.3) is 10.4 Å². The minimum Gasteiger partial charge on any atom is -0.324 e. The molecule has 76 valence electrons. The Bertz CT molecular complexity index is 336. The smallest absolute Gasteiger partial charge is 0.0451 e. The molecule has 0 fully saturated rings. The van der Waals surface area contributed by atoms with E-state index in [2.05, 4.69) is 10.0 Å². The lowest BCUT2D eigenvalue weighted by molar-refractivity contribution is 0.733. The number of rotatable bonds is 3. The Morgan fingerprint density at radius 3 is 2.86 bits per heavy atom. The zero-order valence-corrected chi connectivity index (χ0v) is 8.87. The number of hydrogen-bond donors (Lipinski definition) is 1. The van der Waals surface area contributed by atoms with Crippen LogP contribution in [-0.2, 0) is 0 Å². The molecule has 1 aromatic rings. The zero-order chi connectivity index (χ0) is 9.68. The molecule has 1 aromatic carbocycles. The van der Waals surface area contributed by atoms with Crippen LogP contribution in [0, 0.1) is 0 Å². The number of benzene rings is 1. The molecule has 0 spiro atoms. The second-order valence-corrected chi connectivity index (χ2v) is 3.01. The molecule has 0 radical (unpaired) electrons. The number of nitrogens with two attached hydrogens (primary N) is 1. The fraction of sp³-hybridized carbons (Fsp3) is 0.250. The summed E-state index contributed by atoms with van der Waals surface area (Å²) in [6.07, 6.45) is 0. The summed E-state index contributed by atoms with van der Waals surface area (Å²) in [5, 5.41) is 4.02. The maximum atomic E-state index is 8.09. The highest BCUT2D eigenvalue weighted by Gasteiger charge is 2.03. The molecule has 0 amide bonds. The zero-order valence-electron chi connectivity index (χ0n) is 7.30. The molecule has 0 bridgehead atoms. The van der Waals surface area contributed by atoms with E-state index >= 15 is 0 Å². The maximum absolute atomic E-state index is 8.09. The quantitative estimate of drug-likeness (QED) is 0.486. The Hall–Kier alpha value is -0.930. The van der Waals surface area contributed by atoms with Gasteiger partial charge in [0.15, 0.2) is 0 Å². The van der Waals surface area contributed by atoms with E-state index in [0.717, 1.165) is 5.56 Å². The van der Waals surface area contributed by atoms with Crippen molar-refractivity contribution >= 4 is 24.0 Å². The molecule has 0 unspecified atom stereocenters. The van der Waals surface area contributed by atoms with E-state index in [4.69, 9.17) is 22.9 Å². The predicted octanol–water partition coefficient (Wildman–Crippen LogP) is 3.07. The van der Waals surface area contributed by atoms with E-state index < -0.39 is 0 Å². The van der Waals surface area contributed by atoms with Gasteiger partial charge in [0, 0.05) is 22.5 Å². The average molecular weight is 233 g/mol. The Morgan fingerprint density at radius 2 is 2.29 bits per heavy atom. The van der Waals surface area contributed by atoms with Crippen LogP contribution in [0.3, 0.4) is 0 Å². The van der Waals surface area contributed by atoms with Crippen molar-refractivity contribution in [1.82, 2.24) is 0 Å². The largest absolute Gasteiger partial charge is 0.324 e. The number of halogens is 2. The summed E-state index contributed by atoms with van der Waals surface area (Å²) in [6.45, 7) is 0.247. The van der Waals surface area contributed by atoms with Crippen molar-refractivity contribution in [1.29, 1.82) is 0 Å². The van der Waals surface area contributed by atoms with Crippen molar-refractivity contribution in [2.75, 3.05) is 6.54 Å². The van der Waals surface area contributed by atoms with E-state index in [1.54, 1.807) is 12.1 Å². The van der Waals surface area contributed by atoms with Crippen molar-refractivity contribution < 1.29 is 0 Å². The van der Waals surface area contributed by atoms with Crippen molar-refractivity contribution in [3.63, 3.8) is 0 Å². The Morgan fingerprint density at radius 1 is 1.57 bits per heavy atom. The summed E-state index contributed by atoms with van der Waals surface area (Å²) in [4.78, 5) is 2.64. The van der Waals surface area contributed by atoms with E-state index in [1.807, 2.05) is 12.1 Å². The van der Waals surface area contributed by atoms with Gasteiger partial charge in [-0.1, -0.05) is 28.8 Å². The van der Waals surface area contributed by atoms with Crippen LogP contribution in [0.5, 0.6) is 0 Å². The summed E-state index contributed by atoms with van der Waals surface area (Å²) < 4.78 is 0. The van der Waals surface area contributed by atoms with Gasteiger partial charge < -0.3 is 5.73 Å². The van der Waals surface area contributed by atoms with Crippen LogP contribution < -0.4 is 5.73 Å². The number of nitrogens with zero attached hydrogens (tertiary/aromatic N) is 3. The minimum absolute atomic E-state index is 0. The van der Waals surface area contributed by atoms with Gasteiger partial charge >= 0.3 is 0 Å². The van der Waals surface area contributed by atoms with Gasteiger partial charge in [-0.25, -0.2) is 0 Å². The summed E-state index contributed by atoms with van der Waals surface area (Å²) in [7, 11) is 0. The van der Waals surface area contributed by atoms with Crippen LogP contribution in [0.4, 0.5) is 0 Å². The molecule has 1 rings (SSSR count). The fourth-order valence-corrected chi connectivity index (χ4v) is 1.17. The van der Waals surface area contributed by atoms with Gasteiger partial charge in [-0.2, -0.15) is 0 Å². The molecule has 6 heteroatoms. The number of hydrogen-bond acceptors (Lipinski definition) is 2. The lowest BCUT2D eigenvalue weighted by Gasteiger charge is -2.08. The lowest BCUT2D eigenvalue weighted by Crippen LogP contribution is -2.12. The fourth-order valence-electron chi connectivity index (χ4n) is 0.967. The molecular weight excluding hydrogens is 223 g/mol. The summed E-state index contributed by atoms with van der Waals surface area (Å²) in [5.74, 6) is 0. The molecule has 0 saturated carbocycles. The third kappa shape index (κ3) is 3.85.